The molecule has 0 aromatic rings. The Labute approximate surface area is 135 Å². The van der Waals surface area contributed by atoms with E-state index in [1.165, 1.54) is 0 Å². The molecule has 0 fully saturated rings. The van der Waals surface area contributed by atoms with Crippen LogP contribution in [0.5, 0.6) is 0 Å². The largest absolute Gasteiger partial charge is 3.00 e. The predicted octanol–water partition coefficient (Wildman–Crippen LogP) is -12.2. The van der Waals surface area contributed by atoms with Crippen molar-refractivity contribution in [3.8, 4) is 0 Å². The minimum Gasteiger partial charge on any atom is -0.907 e. The summed E-state index contributed by atoms with van der Waals surface area (Å²) in [4.78, 5) is 0. The van der Waals surface area contributed by atoms with Crippen molar-refractivity contribution in [3.63, 3.8) is 0 Å². The molecule has 0 heterocycles. The Balaban J connectivity index is -0.0000000135. The van der Waals surface area contributed by atoms with Gasteiger partial charge in [-0.2, -0.15) is 0 Å². The van der Waals surface area contributed by atoms with Crippen LogP contribution in [0.3, 0.4) is 0 Å². The van der Waals surface area contributed by atoms with Gasteiger partial charge in [0.2, 0.25) is 0 Å². The Kier molecular flexibility index (Phi) is 96.7. The van der Waals surface area contributed by atoms with Gasteiger partial charge in [-0.25, -0.2) is 0 Å². The minimum absolute atomic E-state index is 0. The second-order valence-electron chi connectivity index (χ2n) is 0.866. The Hall–Kier alpha value is 1.93. The fourth-order valence-electron chi connectivity index (χ4n) is 0. The van der Waals surface area contributed by atoms with E-state index in [-0.39, 0.29) is 68.6 Å². The van der Waals surface area contributed by atoms with E-state index < -0.39 is 22.0 Å². The topological polar surface area (TPSA) is 208 Å². The van der Waals surface area contributed by atoms with Gasteiger partial charge >= 0.3 is 68.6 Å². The Morgan fingerprint density at radius 2 is 0.375 bits per heavy atom. The summed E-state index contributed by atoms with van der Waals surface area (Å²) in [6, 6.07) is 0. The zero-order valence-corrected chi connectivity index (χ0v) is 10.9. The molecule has 0 saturated carbocycles. The molecule has 0 unspecified atom stereocenters. The number of rotatable bonds is 0. The molecule has 0 aromatic heterocycles. The summed E-state index contributed by atoms with van der Waals surface area (Å²) >= 11 is 0. The zero-order valence-electron chi connectivity index (χ0n) is 6.89. The van der Waals surface area contributed by atoms with Crippen LogP contribution in [-0.4, -0.2) is 39.3 Å². The summed E-state index contributed by atoms with van der Waals surface area (Å²) in [6.07, 6.45) is 0. The van der Waals surface area contributed by atoms with E-state index in [1.807, 2.05) is 0 Å². The molecule has 0 bridgehead atoms. The second kappa shape index (κ2) is 36.0. The average Bonchev–Trinajstić information content (AvgIpc) is 1.54. The van der Waals surface area contributed by atoms with Gasteiger partial charge in [0, 0.05) is 0 Å². The van der Waals surface area contributed by atoms with Crippen LogP contribution in [0.1, 0.15) is 0 Å². The van der Waals surface area contributed by atoms with E-state index >= 15 is 0 Å². The van der Waals surface area contributed by atoms with E-state index in [0.717, 1.165) is 0 Å². The van der Waals surface area contributed by atoms with Crippen LogP contribution in [0.15, 0.2) is 0 Å². The summed E-state index contributed by atoms with van der Waals surface area (Å²) in [5.41, 5.74) is 0. The number of hydrogen-bond donors (Lipinski definition) is 0. The molecule has 0 atom stereocenters. The third-order valence-electron chi connectivity index (χ3n) is 0. The van der Waals surface area contributed by atoms with Gasteiger partial charge in [0.1, 0.15) is 0 Å². The van der Waals surface area contributed by atoms with Crippen molar-refractivity contribution in [1.29, 1.82) is 0 Å². The fraction of sp³-hybridized carbons (Fsp3) is 0. The van der Waals surface area contributed by atoms with Crippen LogP contribution in [-0.2, 0) is 51.2 Å². The van der Waals surface area contributed by atoms with E-state index in [4.69, 9.17) is 45.2 Å². The molecule has 3 radical (unpaired) electrons. The van der Waals surface area contributed by atoms with Gasteiger partial charge in [0.05, 0.1) is 0 Å². The van der Waals surface area contributed by atoms with Gasteiger partial charge < -0.3 is 45.2 Å². The Morgan fingerprint density at radius 1 is 0.375 bits per heavy atom. The van der Waals surface area contributed by atoms with Gasteiger partial charge in [-0.05, 0) is 0 Å². The predicted molar refractivity (Wildman–Crippen MR) is 23.0 cm³/mol. The van der Waals surface area contributed by atoms with E-state index in [2.05, 4.69) is 0 Å². The van der Waals surface area contributed by atoms with Gasteiger partial charge in [-0.3, -0.25) is 22.0 Å². The summed E-state index contributed by atoms with van der Waals surface area (Å²) in [5, 5.41) is 75.8. The molecule has 0 aliphatic rings. The van der Waals surface area contributed by atoms with E-state index in [1.54, 1.807) is 0 Å². The van der Waals surface area contributed by atoms with Crippen molar-refractivity contribution in [1.82, 2.24) is 0 Å². The molecular formula is AlB3Cu3O9. The zero-order chi connectivity index (χ0) is 10.7. The first-order valence-corrected chi connectivity index (χ1v) is 2.12. The monoisotopic (exact) mass is 393 g/mol. The van der Waals surface area contributed by atoms with Crippen LogP contribution in [0.2, 0.25) is 0 Å². The van der Waals surface area contributed by atoms with Gasteiger partial charge in [-0.15, -0.1) is 0 Å². The van der Waals surface area contributed by atoms with Crippen LogP contribution in [0.25, 0.3) is 0 Å². The number of hydrogen-bond acceptors (Lipinski definition) is 9. The molecule has 99 valence electrons. The van der Waals surface area contributed by atoms with Gasteiger partial charge in [-0.1, -0.05) is 0 Å². The maximum absolute atomic E-state index is 8.42. The second-order valence-corrected chi connectivity index (χ2v) is 0.866. The third kappa shape index (κ3) is 957. The maximum Gasteiger partial charge on any atom is 3.00 e. The first-order chi connectivity index (χ1) is 5.20. The van der Waals surface area contributed by atoms with Gasteiger partial charge in [0.15, 0.2) is 0 Å². The summed E-state index contributed by atoms with van der Waals surface area (Å²) in [5.74, 6) is 0. The smallest absolute Gasteiger partial charge is 0.907 e. The quantitative estimate of drug-likeness (QED) is 0.357. The van der Waals surface area contributed by atoms with Crippen LogP contribution in [0.4, 0.5) is 0 Å². The maximum atomic E-state index is 8.42. The van der Waals surface area contributed by atoms with Crippen molar-refractivity contribution < 1.29 is 96.4 Å². The minimum atomic E-state index is -2.92. The first-order valence-electron chi connectivity index (χ1n) is 2.12. The van der Waals surface area contributed by atoms with Crippen molar-refractivity contribution in [2.75, 3.05) is 0 Å². The van der Waals surface area contributed by atoms with Crippen molar-refractivity contribution in [2.24, 2.45) is 0 Å². The Morgan fingerprint density at radius 3 is 0.375 bits per heavy atom. The molecule has 0 saturated heterocycles. The average molecular weight is 394 g/mol. The molecule has 0 aliphatic heterocycles. The summed E-state index contributed by atoms with van der Waals surface area (Å²) in [6.45, 7) is 0. The van der Waals surface area contributed by atoms with Crippen molar-refractivity contribution in [2.45, 2.75) is 0 Å². The summed E-state index contributed by atoms with van der Waals surface area (Å²) < 4.78 is 0. The summed E-state index contributed by atoms with van der Waals surface area (Å²) in [7, 11) is -8.75. The standard InChI is InChI=1S/Al.3BO3.3Cu/c;3*2-1(3)4;;;/q+3;3*-3;3*+2. The molecule has 9 nitrogen and oxygen atoms in total. The molecule has 0 rings (SSSR count). The molecule has 16 heavy (non-hydrogen) atoms. The fourth-order valence-corrected chi connectivity index (χ4v) is 0. The third-order valence-corrected chi connectivity index (χ3v) is 0. The first kappa shape index (κ1) is 43.0. The van der Waals surface area contributed by atoms with E-state index in [0.29, 0.717) is 0 Å². The molecule has 16 heteroatoms. The molecule has 0 amide bonds. The van der Waals surface area contributed by atoms with Crippen molar-refractivity contribution in [3.05, 3.63) is 0 Å². The normalized spacial score (nSPS) is 5.06. The molecule has 0 aromatic carbocycles. The van der Waals surface area contributed by atoms with Crippen molar-refractivity contribution >= 4 is 39.3 Å². The molecule has 0 spiro atoms. The van der Waals surface area contributed by atoms with Crippen LogP contribution in [0, 0.1) is 0 Å². The molecule has 0 N–H and O–H groups in total. The molecular weight excluding hydrogens is 394 g/mol. The van der Waals surface area contributed by atoms with Gasteiger partial charge in [0.25, 0.3) is 0 Å². The SMILES string of the molecule is [Al+3].[Cu+2].[Cu+2].[Cu+2].[O-]B([O-])[O-].[O-]B([O-])[O-].[O-]B([O-])[O-]. The van der Waals surface area contributed by atoms with Crippen LogP contribution < -0.4 is 45.2 Å². The molecule has 0 aliphatic carbocycles. The Bertz CT molecular complexity index is 54.5. The van der Waals surface area contributed by atoms with E-state index in [9.17, 15) is 0 Å². The van der Waals surface area contributed by atoms with Crippen LogP contribution >= 0.6 is 0 Å².